The van der Waals surface area contributed by atoms with Gasteiger partial charge in [0.25, 0.3) is 11.8 Å². The highest BCUT2D eigenvalue weighted by atomic mass is 35.5. The van der Waals surface area contributed by atoms with E-state index in [0.29, 0.717) is 11.1 Å². The van der Waals surface area contributed by atoms with Crippen molar-refractivity contribution < 1.29 is 27.2 Å². The molecule has 202 valence electrons. The number of aromatic nitrogens is 5. The molecule has 4 heterocycles. The van der Waals surface area contributed by atoms with Crippen molar-refractivity contribution in [1.82, 2.24) is 30.2 Å². The van der Waals surface area contributed by atoms with Crippen LogP contribution in [0.1, 0.15) is 43.7 Å². The number of anilines is 3. The lowest BCUT2D eigenvalue weighted by Gasteiger charge is -2.13. The SMILES string of the molecule is CC(NC(=O)c1ncnc(Nc2cccnc2F)c1Cl)c1ncc(C(=O)Nc2cc(C(F)(F)F)c(Cl)cn2)s1. The average Bonchev–Trinajstić information content (AvgIpc) is 3.38. The second kappa shape index (κ2) is 11.4. The zero-order chi connectivity index (χ0) is 28.3. The molecule has 0 spiro atoms. The average molecular weight is 601 g/mol. The minimum absolute atomic E-state index is 0.0187. The predicted octanol–water partition coefficient (Wildman–Crippen LogP) is 5.67. The molecule has 39 heavy (non-hydrogen) atoms. The van der Waals surface area contributed by atoms with Gasteiger partial charge in [0.05, 0.1) is 28.5 Å². The fourth-order valence-corrected chi connectivity index (χ4v) is 4.30. The van der Waals surface area contributed by atoms with Crippen LogP contribution in [0.3, 0.4) is 0 Å². The van der Waals surface area contributed by atoms with Crippen molar-refractivity contribution in [3.05, 3.63) is 80.3 Å². The van der Waals surface area contributed by atoms with Gasteiger partial charge in [0, 0.05) is 12.4 Å². The Hall–Kier alpha value is -3.95. The second-order valence-electron chi connectivity index (χ2n) is 7.61. The molecule has 0 fully saturated rings. The fraction of sp³-hybridized carbons (Fsp3) is 0.136. The van der Waals surface area contributed by atoms with E-state index < -0.39 is 40.6 Å². The Morgan fingerprint density at radius 2 is 1.82 bits per heavy atom. The van der Waals surface area contributed by atoms with Crippen molar-refractivity contribution >= 4 is 63.7 Å². The van der Waals surface area contributed by atoms with E-state index in [1.54, 1.807) is 6.92 Å². The fourth-order valence-electron chi connectivity index (χ4n) is 3.04. The lowest BCUT2D eigenvalue weighted by atomic mass is 10.2. The van der Waals surface area contributed by atoms with Crippen LogP contribution in [0.25, 0.3) is 0 Å². The smallest absolute Gasteiger partial charge is 0.342 e. The molecule has 0 saturated carbocycles. The minimum atomic E-state index is -4.73. The Kier molecular flexibility index (Phi) is 8.22. The van der Waals surface area contributed by atoms with Crippen LogP contribution in [-0.4, -0.2) is 36.7 Å². The van der Waals surface area contributed by atoms with Crippen molar-refractivity contribution in [2.24, 2.45) is 0 Å². The van der Waals surface area contributed by atoms with Crippen molar-refractivity contribution in [2.75, 3.05) is 10.6 Å². The maximum absolute atomic E-state index is 13.9. The van der Waals surface area contributed by atoms with E-state index in [0.717, 1.165) is 23.9 Å². The van der Waals surface area contributed by atoms with Crippen molar-refractivity contribution in [2.45, 2.75) is 19.1 Å². The molecule has 17 heteroatoms. The highest BCUT2D eigenvalue weighted by Gasteiger charge is 2.34. The Bertz CT molecular complexity index is 1550. The second-order valence-corrected chi connectivity index (χ2v) is 9.46. The molecule has 0 aliphatic carbocycles. The number of carbonyl (C=O) groups is 2. The van der Waals surface area contributed by atoms with Gasteiger partial charge < -0.3 is 16.0 Å². The van der Waals surface area contributed by atoms with E-state index in [4.69, 9.17) is 23.2 Å². The molecule has 4 aromatic heterocycles. The number of carbonyl (C=O) groups excluding carboxylic acids is 2. The first-order valence-electron chi connectivity index (χ1n) is 10.6. The van der Waals surface area contributed by atoms with E-state index in [1.807, 2.05) is 0 Å². The third kappa shape index (κ3) is 6.55. The summed E-state index contributed by atoms with van der Waals surface area (Å²) >= 11 is 12.7. The van der Waals surface area contributed by atoms with Gasteiger partial charge in [-0.1, -0.05) is 23.2 Å². The molecule has 0 aliphatic heterocycles. The first-order valence-corrected chi connectivity index (χ1v) is 12.2. The van der Waals surface area contributed by atoms with Crippen LogP contribution in [0.15, 0.2) is 43.1 Å². The van der Waals surface area contributed by atoms with E-state index >= 15 is 0 Å². The summed E-state index contributed by atoms with van der Waals surface area (Å²) in [7, 11) is 0. The van der Waals surface area contributed by atoms with Crippen LogP contribution in [0.5, 0.6) is 0 Å². The van der Waals surface area contributed by atoms with Crippen molar-refractivity contribution in [3.8, 4) is 0 Å². The number of rotatable bonds is 7. The summed E-state index contributed by atoms with van der Waals surface area (Å²) in [5.41, 5.74) is -1.38. The zero-order valence-corrected chi connectivity index (χ0v) is 21.7. The number of halogens is 6. The Labute approximate surface area is 230 Å². The lowest BCUT2D eigenvalue weighted by Crippen LogP contribution is -2.28. The topological polar surface area (TPSA) is 135 Å². The molecule has 1 unspecified atom stereocenters. The number of pyridine rings is 2. The number of nitrogens with one attached hydrogen (secondary N) is 3. The molecular formula is C22H14Cl2F4N8O2S. The van der Waals surface area contributed by atoms with Gasteiger partial charge in [0.1, 0.15) is 27.1 Å². The van der Waals surface area contributed by atoms with E-state index in [-0.39, 0.29) is 32.9 Å². The first-order chi connectivity index (χ1) is 18.4. The normalized spacial score (nSPS) is 12.1. The summed E-state index contributed by atoms with van der Waals surface area (Å²) in [6, 6.07) is 2.77. The summed E-state index contributed by atoms with van der Waals surface area (Å²) in [5, 5.41) is 7.03. The molecule has 0 aliphatic rings. The molecule has 0 bridgehead atoms. The number of thiazole rings is 1. The van der Waals surface area contributed by atoms with Crippen LogP contribution in [0.4, 0.5) is 34.9 Å². The van der Waals surface area contributed by atoms with E-state index in [9.17, 15) is 27.2 Å². The first kappa shape index (κ1) is 28.1. The molecule has 0 aromatic carbocycles. The van der Waals surface area contributed by atoms with E-state index in [1.165, 1.54) is 24.5 Å². The van der Waals surface area contributed by atoms with Gasteiger partial charge in [-0.3, -0.25) is 9.59 Å². The van der Waals surface area contributed by atoms with Gasteiger partial charge in [-0.05, 0) is 25.1 Å². The summed E-state index contributed by atoms with van der Waals surface area (Å²) in [6.45, 7) is 1.58. The van der Waals surface area contributed by atoms with Crippen LogP contribution in [-0.2, 0) is 6.18 Å². The summed E-state index contributed by atoms with van der Waals surface area (Å²) in [5.74, 6) is -2.67. The van der Waals surface area contributed by atoms with E-state index in [2.05, 4.69) is 40.9 Å². The molecule has 0 saturated heterocycles. The number of hydrogen-bond acceptors (Lipinski definition) is 9. The zero-order valence-electron chi connectivity index (χ0n) is 19.3. The maximum atomic E-state index is 13.9. The van der Waals surface area contributed by atoms with Crippen LogP contribution < -0.4 is 16.0 Å². The number of amides is 2. The minimum Gasteiger partial charge on any atom is -0.342 e. The summed E-state index contributed by atoms with van der Waals surface area (Å²) in [4.78, 5) is 44.5. The lowest BCUT2D eigenvalue weighted by molar-refractivity contribution is -0.137. The van der Waals surface area contributed by atoms with Gasteiger partial charge in [0.2, 0.25) is 5.95 Å². The number of nitrogens with zero attached hydrogens (tertiary/aromatic N) is 5. The van der Waals surface area contributed by atoms with Gasteiger partial charge in [-0.25, -0.2) is 24.9 Å². The standard InChI is InChI=1S/C22H14Cl2F4N8O2S/c1-9(34-20(38)16-15(24)18(33-8-32-16)35-12-3-2-4-29-17(12)25)21-31-7-13(39-21)19(37)36-14-5-10(22(26,27)28)11(23)6-30-14/h2-9H,1H3,(H,34,38)(H,30,36,37)(H,32,33,35). The number of alkyl halides is 3. The highest BCUT2D eigenvalue weighted by Crippen LogP contribution is 2.35. The number of hydrogen-bond donors (Lipinski definition) is 3. The van der Waals surface area contributed by atoms with Gasteiger partial charge in [-0.2, -0.15) is 17.6 Å². The molecule has 4 rings (SSSR count). The molecule has 1 atom stereocenters. The monoisotopic (exact) mass is 600 g/mol. The van der Waals surface area contributed by atoms with Gasteiger partial charge in [0.15, 0.2) is 11.5 Å². The Morgan fingerprint density at radius 1 is 1.05 bits per heavy atom. The van der Waals surface area contributed by atoms with Gasteiger partial charge in [-0.15, -0.1) is 11.3 Å². The van der Waals surface area contributed by atoms with Crippen molar-refractivity contribution in [1.29, 1.82) is 0 Å². The predicted molar refractivity (Wildman–Crippen MR) is 135 cm³/mol. The molecular weight excluding hydrogens is 587 g/mol. The Balaban J connectivity index is 1.44. The molecule has 4 aromatic rings. The summed E-state index contributed by atoms with van der Waals surface area (Å²) < 4.78 is 53.1. The summed E-state index contributed by atoms with van der Waals surface area (Å²) in [6.07, 6.45) is -0.441. The van der Waals surface area contributed by atoms with Crippen LogP contribution >= 0.6 is 34.5 Å². The largest absolute Gasteiger partial charge is 0.418 e. The molecule has 3 N–H and O–H groups in total. The molecule has 2 amide bonds. The van der Waals surface area contributed by atoms with Crippen molar-refractivity contribution in [3.63, 3.8) is 0 Å². The Morgan fingerprint density at radius 3 is 2.54 bits per heavy atom. The third-order valence-electron chi connectivity index (χ3n) is 4.88. The van der Waals surface area contributed by atoms with Crippen LogP contribution in [0, 0.1) is 5.95 Å². The van der Waals surface area contributed by atoms with Crippen LogP contribution in [0.2, 0.25) is 10.0 Å². The maximum Gasteiger partial charge on any atom is 0.418 e. The molecule has 10 nitrogen and oxygen atoms in total. The quantitative estimate of drug-likeness (QED) is 0.182. The third-order valence-corrected chi connectivity index (χ3v) is 6.72. The van der Waals surface area contributed by atoms with Gasteiger partial charge >= 0.3 is 6.18 Å². The highest BCUT2D eigenvalue weighted by molar-refractivity contribution is 7.13. The molecule has 0 radical (unpaired) electrons.